The molecule has 1 aromatic rings. The van der Waals surface area contributed by atoms with E-state index in [4.69, 9.17) is 0 Å². The molecule has 0 aliphatic carbocycles. The van der Waals surface area contributed by atoms with E-state index >= 15 is 0 Å². The summed E-state index contributed by atoms with van der Waals surface area (Å²) in [5, 5.41) is 3.61. The van der Waals surface area contributed by atoms with Crippen LogP contribution in [0.3, 0.4) is 0 Å². The monoisotopic (exact) mass is 276 g/mol. The van der Waals surface area contributed by atoms with Crippen molar-refractivity contribution in [3.05, 3.63) is 29.8 Å². The van der Waals surface area contributed by atoms with Gasteiger partial charge in [-0.3, -0.25) is 0 Å². The third kappa shape index (κ3) is 4.82. The molecule has 0 radical (unpaired) electrons. The van der Waals surface area contributed by atoms with Gasteiger partial charge in [0.1, 0.15) is 0 Å². The van der Waals surface area contributed by atoms with Crippen LogP contribution < -0.4 is 10.2 Å². The van der Waals surface area contributed by atoms with E-state index in [-0.39, 0.29) is 0 Å². The Bertz CT molecular complexity index is 385. The minimum absolute atomic E-state index is 0.402. The Morgan fingerprint density at radius 1 is 1.05 bits per heavy atom. The molecule has 1 atom stereocenters. The van der Waals surface area contributed by atoms with Gasteiger partial charge >= 0.3 is 0 Å². The molecule has 0 aliphatic rings. The molecule has 0 heterocycles. The lowest BCUT2D eigenvalue weighted by Crippen LogP contribution is -2.35. The number of anilines is 1. The standard InChI is InChI=1S/C18H32N2/c1-7-12-19-16(6)17-10-8-9-11-18(17)20(15(4)5)13-14(2)3/h8-11,14-16,19H,7,12-13H2,1-6H3. The van der Waals surface area contributed by atoms with Gasteiger partial charge in [-0.25, -0.2) is 0 Å². The van der Waals surface area contributed by atoms with Crippen molar-refractivity contribution >= 4 is 5.69 Å². The molecule has 114 valence electrons. The van der Waals surface area contributed by atoms with Gasteiger partial charge < -0.3 is 10.2 Å². The van der Waals surface area contributed by atoms with Crippen molar-refractivity contribution in [3.63, 3.8) is 0 Å². The summed E-state index contributed by atoms with van der Waals surface area (Å²) >= 11 is 0. The first kappa shape index (κ1) is 17.0. The van der Waals surface area contributed by atoms with Crippen molar-refractivity contribution < 1.29 is 0 Å². The summed E-state index contributed by atoms with van der Waals surface area (Å²) in [6.45, 7) is 15.8. The fourth-order valence-corrected chi connectivity index (χ4v) is 2.57. The van der Waals surface area contributed by atoms with Crippen molar-refractivity contribution in [1.82, 2.24) is 5.32 Å². The van der Waals surface area contributed by atoms with Gasteiger partial charge in [0.05, 0.1) is 0 Å². The molecule has 20 heavy (non-hydrogen) atoms. The highest BCUT2D eigenvalue weighted by Crippen LogP contribution is 2.28. The largest absolute Gasteiger partial charge is 0.369 e. The molecule has 1 rings (SSSR count). The fraction of sp³-hybridized carbons (Fsp3) is 0.667. The van der Waals surface area contributed by atoms with Crippen molar-refractivity contribution in [2.24, 2.45) is 5.92 Å². The van der Waals surface area contributed by atoms with Crippen molar-refractivity contribution in [3.8, 4) is 0 Å². The molecule has 1 aromatic carbocycles. The summed E-state index contributed by atoms with van der Waals surface area (Å²) in [6, 6.07) is 9.76. The lowest BCUT2D eigenvalue weighted by molar-refractivity contribution is 0.549. The maximum atomic E-state index is 3.61. The molecule has 0 saturated heterocycles. The van der Waals surface area contributed by atoms with Gasteiger partial charge in [0.25, 0.3) is 0 Å². The van der Waals surface area contributed by atoms with Crippen LogP contribution in [0.1, 0.15) is 59.6 Å². The molecule has 0 aromatic heterocycles. The summed E-state index contributed by atoms with van der Waals surface area (Å²) in [5.41, 5.74) is 2.79. The summed E-state index contributed by atoms with van der Waals surface area (Å²) in [5.74, 6) is 0.671. The van der Waals surface area contributed by atoms with Gasteiger partial charge in [-0.05, 0) is 51.3 Å². The Kier molecular flexibility index (Phi) is 7.08. The fourth-order valence-electron chi connectivity index (χ4n) is 2.57. The van der Waals surface area contributed by atoms with Crippen LogP contribution in [-0.4, -0.2) is 19.1 Å². The summed E-state index contributed by atoms with van der Waals surface area (Å²) < 4.78 is 0. The molecular weight excluding hydrogens is 244 g/mol. The minimum Gasteiger partial charge on any atom is -0.369 e. The third-order valence-electron chi connectivity index (χ3n) is 3.60. The predicted octanol–water partition coefficient (Wildman–Crippen LogP) is 4.62. The maximum Gasteiger partial charge on any atom is 0.0417 e. The van der Waals surface area contributed by atoms with E-state index in [1.54, 1.807) is 0 Å². The Hall–Kier alpha value is -1.02. The van der Waals surface area contributed by atoms with Crippen molar-refractivity contribution in [1.29, 1.82) is 0 Å². The number of nitrogens with zero attached hydrogens (tertiary/aromatic N) is 1. The first-order valence-electron chi connectivity index (χ1n) is 8.06. The van der Waals surface area contributed by atoms with Crippen LogP contribution in [0.5, 0.6) is 0 Å². The second-order valence-corrected chi connectivity index (χ2v) is 6.37. The Balaban J connectivity index is 3.02. The smallest absolute Gasteiger partial charge is 0.0417 e. The van der Waals surface area contributed by atoms with E-state index < -0.39 is 0 Å². The average molecular weight is 276 g/mol. The first-order valence-corrected chi connectivity index (χ1v) is 8.06. The van der Waals surface area contributed by atoms with Crippen LogP contribution in [0.4, 0.5) is 5.69 Å². The predicted molar refractivity (Wildman–Crippen MR) is 90.5 cm³/mol. The van der Waals surface area contributed by atoms with Crippen LogP contribution in [0.15, 0.2) is 24.3 Å². The molecule has 0 bridgehead atoms. The quantitative estimate of drug-likeness (QED) is 0.745. The molecule has 2 nitrogen and oxygen atoms in total. The van der Waals surface area contributed by atoms with E-state index in [9.17, 15) is 0 Å². The molecule has 0 spiro atoms. The van der Waals surface area contributed by atoms with E-state index in [1.165, 1.54) is 17.7 Å². The van der Waals surface area contributed by atoms with Gasteiger partial charge in [0, 0.05) is 24.3 Å². The zero-order chi connectivity index (χ0) is 15.1. The third-order valence-corrected chi connectivity index (χ3v) is 3.60. The van der Waals surface area contributed by atoms with Crippen LogP contribution in [0, 0.1) is 5.92 Å². The highest BCUT2D eigenvalue weighted by Gasteiger charge is 2.18. The number of hydrogen-bond acceptors (Lipinski definition) is 2. The number of nitrogens with one attached hydrogen (secondary N) is 1. The molecular formula is C18H32N2. The molecule has 1 unspecified atom stereocenters. The lowest BCUT2D eigenvalue weighted by atomic mass is 10.0. The second-order valence-electron chi connectivity index (χ2n) is 6.37. The highest BCUT2D eigenvalue weighted by atomic mass is 15.2. The Morgan fingerprint density at radius 2 is 1.70 bits per heavy atom. The molecule has 0 amide bonds. The molecule has 0 aliphatic heterocycles. The number of benzene rings is 1. The molecule has 1 N–H and O–H groups in total. The number of para-hydroxylation sites is 1. The zero-order valence-electron chi connectivity index (χ0n) is 14.1. The van der Waals surface area contributed by atoms with Gasteiger partial charge in [-0.2, -0.15) is 0 Å². The normalized spacial score (nSPS) is 13.0. The molecule has 2 heteroatoms. The van der Waals surface area contributed by atoms with Gasteiger partial charge in [-0.1, -0.05) is 39.0 Å². The van der Waals surface area contributed by atoms with Crippen LogP contribution in [0.2, 0.25) is 0 Å². The molecule has 0 saturated carbocycles. The van der Waals surface area contributed by atoms with Crippen LogP contribution in [0.25, 0.3) is 0 Å². The number of hydrogen-bond donors (Lipinski definition) is 1. The highest BCUT2D eigenvalue weighted by molar-refractivity contribution is 5.55. The van der Waals surface area contributed by atoms with Gasteiger partial charge in [-0.15, -0.1) is 0 Å². The summed E-state index contributed by atoms with van der Waals surface area (Å²) in [6.07, 6.45) is 1.17. The topological polar surface area (TPSA) is 15.3 Å². The zero-order valence-corrected chi connectivity index (χ0v) is 14.1. The average Bonchev–Trinajstić information content (AvgIpc) is 2.41. The van der Waals surface area contributed by atoms with E-state index in [2.05, 4.69) is 76.0 Å². The van der Waals surface area contributed by atoms with Crippen LogP contribution >= 0.6 is 0 Å². The Morgan fingerprint density at radius 3 is 2.25 bits per heavy atom. The van der Waals surface area contributed by atoms with E-state index in [0.717, 1.165) is 13.1 Å². The molecule has 0 fully saturated rings. The minimum atomic E-state index is 0.402. The SMILES string of the molecule is CCCNC(C)c1ccccc1N(CC(C)C)C(C)C. The van der Waals surface area contributed by atoms with E-state index in [0.29, 0.717) is 18.0 Å². The first-order chi connectivity index (χ1) is 9.47. The van der Waals surface area contributed by atoms with E-state index in [1.807, 2.05) is 0 Å². The summed E-state index contributed by atoms with van der Waals surface area (Å²) in [7, 11) is 0. The lowest BCUT2D eigenvalue weighted by Gasteiger charge is -2.34. The second kappa shape index (κ2) is 8.31. The van der Waals surface area contributed by atoms with Gasteiger partial charge in [0.15, 0.2) is 0 Å². The summed E-state index contributed by atoms with van der Waals surface area (Å²) in [4.78, 5) is 2.53. The van der Waals surface area contributed by atoms with Crippen molar-refractivity contribution in [2.45, 2.75) is 60.0 Å². The maximum absolute atomic E-state index is 3.61. The van der Waals surface area contributed by atoms with Gasteiger partial charge in [0.2, 0.25) is 0 Å². The Labute approximate surface area is 125 Å². The number of rotatable bonds is 8. The van der Waals surface area contributed by atoms with Crippen molar-refractivity contribution in [2.75, 3.05) is 18.0 Å². The van der Waals surface area contributed by atoms with Crippen LogP contribution in [-0.2, 0) is 0 Å².